The van der Waals surface area contributed by atoms with Gasteiger partial charge in [0.1, 0.15) is 11.2 Å². The third-order valence-electron chi connectivity index (χ3n) is 6.61. The summed E-state index contributed by atoms with van der Waals surface area (Å²) in [6.07, 6.45) is 1.21. The van der Waals surface area contributed by atoms with E-state index in [9.17, 15) is 23.8 Å². The maximum absolute atomic E-state index is 15.3. The molecule has 0 aromatic carbocycles. The first-order valence-electron chi connectivity index (χ1n) is 13.7. The van der Waals surface area contributed by atoms with E-state index in [1.165, 1.54) is 10.8 Å². The second kappa shape index (κ2) is 14.3. The zero-order valence-electron chi connectivity index (χ0n) is 24.1. The number of nitrogens with zero attached hydrogens (tertiary/aromatic N) is 4. The Kier molecular flexibility index (Phi) is 11.6. The average Bonchev–Trinajstić information content (AvgIpc) is 2.92. The number of rotatable bonds is 15. The van der Waals surface area contributed by atoms with Crippen LogP contribution in [0.2, 0.25) is 0 Å². The van der Waals surface area contributed by atoms with Crippen molar-refractivity contribution in [3.8, 4) is 0 Å². The van der Waals surface area contributed by atoms with Crippen molar-refractivity contribution in [3.05, 3.63) is 33.9 Å². The normalized spacial score (nSPS) is 15.2. The smallest absolute Gasteiger partial charge is 0.347 e. The molecule has 1 aliphatic rings. The topological polar surface area (TPSA) is 150 Å². The van der Waals surface area contributed by atoms with Crippen LogP contribution in [0.15, 0.2) is 17.1 Å². The molecule has 1 aliphatic heterocycles. The quantitative estimate of drug-likeness (QED) is 0.284. The van der Waals surface area contributed by atoms with Crippen LogP contribution in [0.25, 0.3) is 11.0 Å². The average molecular weight is 621 g/mol. The Morgan fingerprint density at radius 2 is 1.49 bits per heavy atom. The fraction of sp³-hybridized carbons (Fsp3) is 0.640. The highest BCUT2D eigenvalue weighted by Gasteiger charge is 2.51. The molecule has 0 unspecified atom stereocenters. The standard InChI is InChI=1S/C25H39FN4O9P2/c1-6-29-16-19(25(32)33)22(31)18-15-20(26)24(27-23(18)29)30-13-11-28(12-14-30)17-21(40(34,36-7-2)37-8-3)41(35,38-9-4)39-10-5/h15-16,21H,6-14,17H2,1-5H3,(H,32,33). The SMILES string of the molecule is CCOP(=O)(OCC)C(CN1CCN(c2nc3c(cc2F)c(=O)c(C(=O)O)cn3CC)CC1)P(=O)(OCC)OCC. The first kappa shape index (κ1) is 33.3. The van der Waals surface area contributed by atoms with Crippen molar-refractivity contribution in [1.29, 1.82) is 0 Å². The van der Waals surface area contributed by atoms with Gasteiger partial charge in [-0.2, -0.15) is 0 Å². The van der Waals surface area contributed by atoms with E-state index in [0.717, 1.165) is 6.07 Å². The van der Waals surface area contributed by atoms with Gasteiger partial charge in [0.2, 0.25) is 5.43 Å². The number of anilines is 1. The number of fused-ring (bicyclic) bond motifs is 1. The van der Waals surface area contributed by atoms with Crippen molar-refractivity contribution in [1.82, 2.24) is 14.5 Å². The van der Waals surface area contributed by atoms with Crippen molar-refractivity contribution < 1.29 is 41.5 Å². The van der Waals surface area contributed by atoms with Crippen LogP contribution in [-0.2, 0) is 33.8 Å². The van der Waals surface area contributed by atoms with Crippen LogP contribution in [0.1, 0.15) is 45.0 Å². The summed E-state index contributed by atoms with van der Waals surface area (Å²) in [5.41, 5.74) is -1.07. The molecule has 41 heavy (non-hydrogen) atoms. The number of pyridine rings is 2. The Bertz CT molecular complexity index is 1330. The van der Waals surface area contributed by atoms with Crippen LogP contribution in [0.3, 0.4) is 0 Å². The Hall–Kier alpha value is -2.18. The number of aryl methyl sites for hydroxylation is 1. The van der Waals surface area contributed by atoms with Gasteiger partial charge in [-0.25, -0.2) is 14.2 Å². The van der Waals surface area contributed by atoms with Gasteiger partial charge in [-0.1, -0.05) is 0 Å². The molecule has 0 radical (unpaired) electrons. The number of carboxylic acids is 1. The lowest BCUT2D eigenvalue weighted by atomic mass is 10.2. The van der Waals surface area contributed by atoms with Crippen LogP contribution in [0, 0.1) is 5.82 Å². The number of carbonyl (C=O) groups is 1. The third-order valence-corrected chi connectivity index (χ3v) is 12.6. The zero-order valence-corrected chi connectivity index (χ0v) is 25.9. The van der Waals surface area contributed by atoms with Gasteiger partial charge in [0.15, 0.2) is 17.0 Å². The van der Waals surface area contributed by atoms with Crippen molar-refractivity contribution in [2.24, 2.45) is 0 Å². The molecule has 2 aromatic heterocycles. The maximum atomic E-state index is 15.3. The molecule has 0 atom stereocenters. The lowest BCUT2D eigenvalue weighted by Crippen LogP contribution is -2.49. The van der Waals surface area contributed by atoms with Gasteiger partial charge in [-0.3, -0.25) is 18.8 Å². The lowest BCUT2D eigenvalue weighted by Gasteiger charge is -2.39. The molecule has 2 aromatic rings. The molecule has 1 N–H and O–H groups in total. The van der Waals surface area contributed by atoms with Crippen molar-refractivity contribution >= 4 is 38.0 Å². The van der Waals surface area contributed by atoms with Crippen LogP contribution in [-0.4, -0.2) is 90.1 Å². The van der Waals surface area contributed by atoms with E-state index >= 15 is 4.39 Å². The van der Waals surface area contributed by atoms with E-state index in [-0.39, 0.29) is 49.8 Å². The van der Waals surface area contributed by atoms with Gasteiger partial charge >= 0.3 is 21.2 Å². The molecule has 3 rings (SSSR count). The van der Waals surface area contributed by atoms with Crippen molar-refractivity contribution in [3.63, 3.8) is 0 Å². The maximum Gasteiger partial charge on any atom is 0.347 e. The Morgan fingerprint density at radius 1 is 0.976 bits per heavy atom. The minimum atomic E-state index is -3.93. The Morgan fingerprint density at radius 3 is 1.93 bits per heavy atom. The molecule has 0 saturated carbocycles. The highest BCUT2D eigenvalue weighted by atomic mass is 31.2. The van der Waals surface area contributed by atoms with Gasteiger partial charge in [0.05, 0.1) is 31.8 Å². The van der Waals surface area contributed by atoms with Crippen LogP contribution < -0.4 is 10.3 Å². The lowest BCUT2D eigenvalue weighted by molar-refractivity contribution is 0.0694. The Labute approximate surface area is 238 Å². The van der Waals surface area contributed by atoms with Gasteiger partial charge < -0.3 is 32.7 Å². The third kappa shape index (κ3) is 7.25. The largest absolute Gasteiger partial charge is 0.477 e. The first-order chi connectivity index (χ1) is 19.5. The zero-order chi connectivity index (χ0) is 30.4. The molecule has 1 fully saturated rings. The fourth-order valence-electron chi connectivity index (χ4n) is 4.78. The van der Waals surface area contributed by atoms with Gasteiger partial charge in [-0.05, 0) is 40.7 Å². The van der Waals surface area contributed by atoms with E-state index in [0.29, 0.717) is 32.7 Å². The minimum Gasteiger partial charge on any atom is -0.477 e. The minimum absolute atomic E-state index is 0.0296. The molecule has 13 nitrogen and oxygen atoms in total. The van der Waals surface area contributed by atoms with E-state index in [4.69, 9.17) is 18.1 Å². The van der Waals surface area contributed by atoms with Gasteiger partial charge in [0.25, 0.3) is 0 Å². The summed E-state index contributed by atoms with van der Waals surface area (Å²) in [5.74, 6) is -2.11. The second-order valence-electron chi connectivity index (χ2n) is 9.15. The summed E-state index contributed by atoms with van der Waals surface area (Å²) in [6, 6.07) is 1.03. The number of hydrogen-bond acceptors (Lipinski definition) is 11. The van der Waals surface area contributed by atoms with Gasteiger partial charge in [0, 0.05) is 45.5 Å². The number of hydrogen-bond donors (Lipinski definition) is 1. The number of aromatic carboxylic acids is 1. The molecule has 0 bridgehead atoms. The highest BCUT2D eigenvalue weighted by molar-refractivity contribution is 7.72. The number of halogens is 1. The summed E-state index contributed by atoms with van der Waals surface area (Å²) < 4.78 is 66.7. The molecule has 16 heteroatoms. The number of carboxylic acid groups (broad SMARTS) is 1. The molecule has 230 valence electrons. The van der Waals surface area contributed by atoms with Crippen molar-refractivity contribution in [2.75, 3.05) is 64.1 Å². The first-order valence-corrected chi connectivity index (χ1v) is 16.9. The van der Waals surface area contributed by atoms with Crippen LogP contribution in [0.4, 0.5) is 10.2 Å². The summed E-state index contributed by atoms with van der Waals surface area (Å²) in [4.78, 5) is 32.2. The van der Waals surface area contributed by atoms with Crippen LogP contribution in [0.5, 0.6) is 0 Å². The molecule has 3 heterocycles. The fourth-order valence-corrected chi connectivity index (χ4v) is 10.1. The summed E-state index contributed by atoms with van der Waals surface area (Å²) in [6.45, 7) is 10.4. The molecular formula is C25H39FN4O9P2. The second-order valence-corrected chi connectivity index (χ2v) is 14.0. The molecule has 0 amide bonds. The monoisotopic (exact) mass is 620 g/mol. The van der Waals surface area contributed by atoms with E-state index < -0.39 is 43.4 Å². The predicted molar refractivity (Wildman–Crippen MR) is 153 cm³/mol. The Balaban J connectivity index is 1.90. The molecular weight excluding hydrogens is 581 g/mol. The van der Waals surface area contributed by atoms with Crippen LogP contribution >= 0.6 is 15.2 Å². The molecule has 1 saturated heterocycles. The predicted octanol–water partition coefficient (Wildman–Crippen LogP) is 4.23. The molecule has 0 aliphatic carbocycles. The van der Waals surface area contributed by atoms with E-state index in [2.05, 4.69) is 4.98 Å². The van der Waals surface area contributed by atoms with E-state index in [1.54, 1.807) is 39.5 Å². The van der Waals surface area contributed by atoms with Gasteiger partial charge in [-0.15, -0.1) is 0 Å². The highest BCUT2D eigenvalue weighted by Crippen LogP contribution is 2.70. The summed E-state index contributed by atoms with van der Waals surface area (Å²) >= 11 is 0. The van der Waals surface area contributed by atoms with E-state index in [1.807, 2.05) is 4.90 Å². The molecule has 0 spiro atoms. The summed E-state index contributed by atoms with van der Waals surface area (Å²) in [5, 5.41) is 8.07. The number of piperazine rings is 1. The summed E-state index contributed by atoms with van der Waals surface area (Å²) in [7, 11) is -7.85. The van der Waals surface area contributed by atoms with Crippen molar-refractivity contribution in [2.45, 2.75) is 46.6 Å². The number of aromatic nitrogens is 2.